The number of halogens is 2. The lowest BCUT2D eigenvalue weighted by Crippen LogP contribution is -2.08. The molecular weight excluding hydrogens is 302 g/mol. The summed E-state index contributed by atoms with van der Waals surface area (Å²) < 4.78 is 2.93. The molecular formula is C12H13BrClN3. The largest absolute Gasteiger partial charge is 0.385 e. The Morgan fingerprint density at radius 2 is 2.29 bits per heavy atom. The molecule has 0 radical (unpaired) electrons. The van der Waals surface area contributed by atoms with Crippen LogP contribution in [0, 0.1) is 0 Å². The predicted molar refractivity (Wildman–Crippen MR) is 74.6 cm³/mol. The lowest BCUT2D eigenvalue weighted by molar-refractivity contribution is 0.790. The van der Waals surface area contributed by atoms with E-state index in [0.717, 1.165) is 29.0 Å². The van der Waals surface area contributed by atoms with Crippen LogP contribution in [0.25, 0.3) is 0 Å². The highest BCUT2D eigenvalue weighted by Gasteiger charge is 2.00. The van der Waals surface area contributed by atoms with Gasteiger partial charge in [0.2, 0.25) is 0 Å². The fourth-order valence-corrected chi connectivity index (χ4v) is 1.99. The maximum atomic E-state index is 6.01. The first-order valence-corrected chi connectivity index (χ1v) is 6.49. The molecule has 0 aliphatic heterocycles. The highest BCUT2D eigenvalue weighted by atomic mass is 79.9. The Bertz CT molecular complexity index is 510. The maximum absolute atomic E-state index is 6.01. The molecule has 3 nitrogen and oxygen atoms in total. The number of rotatable bonds is 4. The van der Waals surface area contributed by atoms with Gasteiger partial charge in [0.05, 0.1) is 5.02 Å². The third-order valence-electron chi connectivity index (χ3n) is 2.52. The van der Waals surface area contributed by atoms with Gasteiger partial charge < -0.3 is 9.88 Å². The first-order chi connectivity index (χ1) is 8.16. The van der Waals surface area contributed by atoms with Crippen molar-refractivity contribution >= 4 is 33.2 Å². The van der Waals surface area contributed by atoms with Crippen molar-refractivity contribution in [2.24, 2.45) is 7.05 Å². The summed E-state index contributed by atoms with van der Waals surface area (Å²) >= 11 is 9.38. The number of nitrogens with zero attached hydrogens (tertiary/aromatic N) is 2. The van der Waals surface area contributed by atoms with Crippen molar-refractivity contribution in [1.82, 2.24) is 9.55 Å². The molecule has 2 aromatic rings. The van der Waals surface area contributed by atoms with E-state index in [1.165, 1.54) is 0 Å². The lowest BCUT2D eigenvalue weighted by atomic mass is 10.3. The van der Waals surface area contributed by atoms with Crippen molar-refractivity contribution in [3.63, 3.8) is 0 Å². The Kier molecular flexibility index (Phi) is 4.07. The van der Waals surface area contributed by atoms with E-state index in [0.29, 0.717) is 5.02 Å². The third kappa shape index (κ3) is 3.23. The van der Waals surface area contributed by atoms with Crippen LogP contribution in [-0.4, -0.2) is 16.1 Å². The summed E-state index contributed by atoms with van der Waals surface area (Å²) in [5.74, 6) is 1.07. The highest BCUT2D eigenvalue weighted by Crippen LogP contribution is 2.25. The van der Waals surface area contributed by atoms with E-state index in [4.69, 9.17) is 11.6 Å². The number of aryl methyl sites for hydroxylation is 1. The second kappa shape index (κ2) is 5.56. The summed E-state index contributed by atoms with van der Waals surface area (Å²) in [4.78, 5) is 4.27. The highest BCUT2D eigenvalue weighted by molar-refractivity contribution is 9.10. The Morgan fingerprint density at radius 3 is 2.94 bits per heavy atom. The van der Waals surface area contributed by atoms with Gasteiger partial charge in [-0.1, -0.05) is 11.6 Å². The number of hydrogen-bond acceptors (Lipinski definition) is 2. The number of anilines is 1. The van der Waals surface area contributed by atoms with Crippen molar-refractivity contribution in [3.05, 3.63) is 45.9 Å². The lowest BCUT2D eigenvalue weighted by Gasteiger charge is -2.07. The molecule has 1 N–H and O–H groups in total. The van der Waals surface area contributed by atoms with Crippen molar-refractivity contribution < 1.29 is 0 Å². The van der Waals surface area contributed by atoms with Gasteiger partial charge in [-0.2, -0.15) is 0 Å². The average molecular weight is 315 g/mol. The van der Waals surface area contributed by atoms with E-state index in [9.17, 15) is 0 Å². The van der Waals surface area contributed by atoms with Crippen LogP contribution < -0.4 is 5.32 Å². The summed E-state index contributed by atoms with van der Waals surface area (Å²) in [7, 11) is 2.00. The van der Waals surface area contributed by atoms with Gasteiger partial charge in [-0.15, -0.1) is 0 Å². The Balaban J connectivity index is 1.90. The van der Waals surface area contributed by atoms with Crippen LogP contribution in [0.1, 0.15) is 5.82 Å². The molecule has 2 rings (SSSR count). The number of benzene rings is 1. The fraction of sp³-hybridized carbons (Fsp3) is 0.250. The van der Waals surface area contributed by atoms with Gasteiger partial charge >= 0.3 is 0 Å². The molecule has 0 aliphatic rings. The predicted octanol–water partition coefficient (Wildman–Crippen LogP) is 3.49. The van der Waals surface area contributed by atoms with E-state index < -0.39 is 0 Å². The van der Waals surface area contributed by atoms with Crippen LogP contribution in [0.2, 0.25) is 5.02 Å². The first kappa shape index (κ1) is 12.5. The minimum absolute atomic E-state index is 0.715. The normalized spacial score (nSPS) is 10.5. The molecule has 1 aromatic heterocycles. The van der Waals surface area contributed by atoms with Crippen LogP contribution in [0.5, 0.6) is 0 Å². The molecule has 0 spiro atoms. The molecule has 0 unspecified atom stereocenters. The summed E-state index contributed by atoms with van der Waals surface area (Å²) in [6, 6.07) is 5.84. The monoisotopic (exact) mass is 313 g/mol. The molecule has 0 atom stereocenters. The second-order valence-electron chi connectivity index (χ2n) is 3.76. The number of nitrogens with one attached hydrogen (secondary N) is 1. The molecule has 0 aliphatic carbocycles. The number of imidazole rings is 1. The summed E-state index contributed by atoms with van der Waals surface area (Å²) in [5, 5.41) is 4.03. The standard InChI is InChI=1S/C12H13BrClN3/c1-17-7-6-16-12(17)4-5-15-9-2-3-10(13)11(14)8-9/h2-3,6-8,15H,4-5H2,1H3. The third-order valence-corrected chi connectivity index (χ3v) is 3.75. The van der Waals surface area contributed by atoms with Crippen LogP contribution in [0.3, 0.4) is 0 Å². The van der Waals surface area contributed by atoms with Gasteiger partial charge in [0, 0.05) is 42.6 Å². The van der Waals surface area contributed by atoms with Crippen LogP contribution in [0.4, 0.5) is 5.69 Å². The quantitative estimate of drug-likeness (QED) is 0.936. The summed E-state index contributed by atoms with van der Waals surface area (Å²) in [6.07, 6.45) is 4.65. The zero-order valence-corrected chi connectivity index (χ0v) is 11.8. The summed E-state index contributed by atoms with van der Waals surface area (Å²) in [6.45, 7) is 0.836. The molecule has 17 heavy (non-hydrogen) atoms. The smallest absolute Gasteiger partial charge is 0.110 e. The molecule has 90 valence electrons. The Morgan fingerprint density at radius 1 is 1.47 bits per heavy atom. The molecule has 5 heteroatoms. The number of hydrogen-bond donors (Lipinski definition) is 1. The topological polar surface area (TPSA) is 29.9 Å². The van der Waals surface area contributed by atoms with E-state index in [1.807, 2.05) is 42.2 Å². The molecule has 1 heterocycles. The van der Waals surface area contributed by atoms with Crippen molar-refractivity contribution in [2.45, 2.75) is 6.42 Å². The first-order valence-electron chi connectivity index (χ1n) is 5.32. The minimum Gasteiger partial charge on any atom is -0.385 e. The molecule has 1 aromatic carbocycles. The zero-order chi connectivity index (χ0) is 12.3. The van der Waals surface area contributed by atoms with Crippen LogP contribution in [0.15, 0.2) is 35.1 Å². The van der Waals surface area contributed by atoms with Gasteiger partial charge in [-0.05, 0) is 34.1 Å². The SMILES string of the molecule is Cn1ccnc1CCNc1ccc(Br)c(Cl)c1. The average Bonchev–Trinajstić information content (AvgIpc) is 2.70. The van der Waals surface area contributed by atoms with Crippen molar-refractivity contribution in [3.8, 4) is 0 Å². The van der Waals surface area contributed by atoms with E-state index in [2.05, 4.69) is 26.2 Å². The number of aromatic nitrogens is 2. The maximum Gasteiger partial charge on any atom is 0.110 e. The van der Waals surface area contributed by atoms with E-state index in [-0.39, 0.29) is 0 Å². The Labute approximate surface area is 114 Å². The summed E-state index contributed by atoms with van der Waals surface area (Å²) in [5.41, 5.74) is 1.02. The molecule has 0 fully saturated rings. The minimum atomic E-state index is 0.715. The van der Waals surface area contributed by atoms with Gasteiger partial charge in [0.25, 0.3) is 0 Å². The molecule has 0 saturated carbocycles. The van der Waals surface area contributed by atoms with Crippen molar-refractivity contribution in [2.75, 3.05) is 11.9 Å². The second-order valence-corrected chi connectivity index (χ2v) is 5.02. The Hall–Kier alpha value is -1.000. The van der Waals surface area contributed by atoms with E-state index in [1.54, 1.807) is 0 Å². The van der Waals surface area contributed by atoms with Gasteiger partial charge in [-0.3, -0.25) is 0 Å². The fourth-order valence-electron chi connectivity index (χ4n) is 1.56. The zero-order valence-electron chi connectivity index (χ0n) is 9.45. The molecule has 0 saturated heterocycles. The molecule has 0 bridgehead atoms. The van der Waals surface area contributed by atoms with Crippen LogP contribution >= 0.6 is 27.5 Å². The van der Waals surface area contributed by atoms with Gasteiger partial charge in [-0.25, -0.2) is 4.98 Å². The van der Waals surface area contributed by atoms with Crippen LogP contribution in [-0.2, 0) is 13.5 Å². The van der Waals surface area contributed by atoms with E-state index >= 15 is 0 Å². The van der Waals surface area contributed by atoms with Gasteiger partial charge in [0.15, 0.2) is 0 Å². The van der Waals surface area contributed by atoms with Crippen molar-refractivity contribution in [1.29, 1.82) is 0 Å². The van der Waals surface area contributed by atoms with Gasteiger partial charge in [0.1, 0.15) is 5.82 Å². The molecule has 0 amide bonds.